The average Bonchev–Trinajstić information content (AvgIpc) is 2.87. The Morgan fingerprint density at radius 3 is 2.50 bits per heavy atom. The average molecular weight is 280 g/mol. The highest BCUT2D eigenvalue weighted by Gasteiger charge is 2.31. The van der Waals surface area contributed by atoms with Gasteiger partial charge in [0.15, 0.2) is 0 Å². The summed E-state index contributed by atoms with van der Waals surface area (Å²) in [6.45, 7) is 8.83. The fourth-order valence-corrected chi connectivity index (χ4v) is 2.33. The summed E-state index contributed by atoms with van der Waals surface area (Å²) < 4.78 is 19.5. The van der Waals surface area contributed by atoms with Crippen molar-refractivity contribution in [1.82, 2.24) is 9.78 Å². The lowest BCUT2D eigenvalue weighted by Gasteiger charge is -2.27. The van der Waals surface area contributed by atoms with Gasteiger partial charge in [-0.05, 0) is 53.0 Å². The van der Waals surface area contributed by atoms with Crippen molar-refractivity contribution >= 4 is 12.7 Å². The molecule has 1 atom stereocenters. The third-order valence-corrected chi connectivity index (χ3v) is 3.16. The van der Waals surface area contributed by atoms with Crippen LogP contribution in [0.3, 0.4) is 0 Å². The second-order valence-corrected chi connectivity index (χ2v) is 5.72. The Morgan fingerprint density at radius 2 is 1.95 bits per heavy atom. The Morgan fingerprint density at radius 1 is 1.25 bits per heavy atom. The van der Waals surface area contributed by atoms with E-state index in [-0.39, 0.29) is 18.4 Å². The smallest absolute Gasteiger partial charge is 0.404 e. The molecule has 1 fully saturated rings. The first kappa shape index (κ1) is 15.5. The zero-order chi connectivity index (χ0) is 14.5. The fraction of sp³-hybridized carbons (Fsp3) is 0.786. The molecule has 0 radical (unpaired) electrons. The Labute approximate surface area is 121 Å². The number of hydrogen-bond donors (Lipinski definition) is 0. The largest absolute Gasteiger partial charge is 0.513 e. The molecular weight excluding hydrogens is 255 g/mol. The zero-order valence-corrected chi connectivity index (χ0v) is 12.9. The van der Waals surface area contributed by atoms with Gasteiger partial charge in [0.25, 0.3) is 0 Å². The lowest BCUT2D eigenvalue weighted by atomic mass is 9.83. The first-order valence-electron chi connectivity index (χ1n) is 7.54. The molecule has 1 aliphatic heterocycles. The SMILES string of the molecule is CC(C)OB(OC(C)C)c1ccnn1C1CCCCO1. The molecular formula is C14H25BN2O3. The van der Waals surface area contributed by atoms with E-state index in [1.54, 1.807) is 6.20 Å². The molecule has 5 nitrogen and oxygen atoms in total. The Kier molecular flexibility index (Phi) is 5.63. The van der Waals surface area contributed by atoms with Crippen molar-refractivity contribution in [3.8, 4) is 0 Å². The normalized spacial score (nSPS) is 19.8. The van der Waals surface area contributed by atoms with Gasteiger partial charge in [-0.25, -0.2) is 4.68 Å². The number of rotatable bonds is 6. The van der Waals surface area contributed by atoms with E-state index in [9.17, 15) is 0 Å². The molecule has 1 aromatic heterocycles. The molecule has 2 rings (SSSR count). The van der Waals surface area contributed by atoms with Gasteiger partial charge in [-0.3, -0.25) is 0 Å². The number of aromatic nitrogens is 2. The van der Waals surface area contributed by atoms with Crippen LogP contribution in [0.25, 0.3) is 0 Å². The van der Waals surface area contributed by atoms with Crippen LogP contribution < -0.4 is 5.59 Å². The van der Waals surface area contributed by atoms with Gasteiger partial charge in [-0.15, -0.1) is 0 Å². The minimum absolute atomic E-state index is 0.00257. The van der Waals surface area contributed by atoms with Crippen LogP contribution in [0.4, 0.5) is 0 Å². The lowest BCUT2D eigenvalue weighted by molar-refractivity contribution is -0.0382. The van der Waals surface area contributed by atoms with Crippen molar-refractivity contribution < 1.29 is 14.0 Å². The second-order valence-electron chi connectivity index (χ2n) is 5.72. The molecule has 1 unspecified atom stereocenters. The highest BCUT2D eigenvalue weighted by atomic mass is 16.6. The summed E-state index contributed by atoms with van der Waals surface area (Å²) in [6, 6.07) is 1.95. The molecule has 0 amide bonds. The summed E-state index contributed by atoms with van der Waals surface area (Å²) in [7, 11) is -0.400. The van der Waals surface area contributed by atoms with Crippen molar-refractivity contribution in [2.45, 2.75) is 65.4 Å². The van der Waals surface area contributed by atoms with Crippen LogP contribution in [0.1, 0.15) is 53.2 Å². The second kappa shape index (κ2) is 7.25. The van der Waals surface area contributed by atoms with Gasteiger partial charge in [-0.1, -0.05) is 0 Å². The first-order valence-corrected chi connectivity index (χ1v) is 7.54. The molecule has 2 heterocycles. The van der Waals surface area contributed by atoms with Gasteiger partial charge in [0.1, 0.15) is 6.23 Å². The van der Waals surface area contributed by atoms with Crippen molar-refractivity contribution in [2.75, 3.05) is 6.61 Å². The minimum atomic E-state index is -0.400. The highest BCUT2D eigenvalue weighted by molar-refractivity contribution is 6.60. The van der Waals surface area contributed by atoms with Crippen LogP contribution in [0.15, 0.2) is 12.3 Å². The lowest BCUT2D eigenvalue weighted by Crippen LogP contribution is -2.46. The highest BCUT2D eigenvalue weighted by Crippen LogP contribution is 2.21. The molecule has 1 aliphatic rings. The summed E-state index contributed by atoms with van der Waals surface area (Å²) in [5.74, 6) is 0. The molecule has 0 N–H and O–H groups in total. The maximum atomic E-state index is 5.90. The van der Waals surface area contributed by atoms with E-state index in [1.165, 1.54) is 6.42 Å². The molecule has 0 bridgehead atoms. The Balaban J connectivity index is 2.17. The summed E-state index contributed by atoms with van der Waals surface area (Å²) in [5, 5.41) is 4.41. The van der Waals surface area contributed by atoms with Crippen LogP contribution in [-0.2, 0) is 14.0 Å². The molecule has 6 heteroatoms. The topological polar surface area (TPSA) is 45.5 Å². The summed E-state index contributed by atoms with van der Waals surface area (Å²) in [6.07, 6.45) is 5.26. The Hall–Kier alpha value is -0.845. The number of nitrogens with zero attached hydrogens (tertiary/aromatic N) is 2. The van der Waals surface area contributed by atoms with Crippen LogP contribution in [0, 0.1) is 0 Å². The van der Waals surface area contributed by atoms with Gasteiger partial charge < -0.3 is 14.0 Å². The predicted molar refractivity (Wildman–Crippen MR) is 78.9 cm³/mol. The van der Waals surface area contributed by atoms with E-state index in [1.807, 2.05) is 38.4 Å². The monoisotopic (exact) mass is 280 g/mol. The molecule has 0 saturated carbocycles. The quantitative estimate of drug-likeness (QED) is 0.749. The van der Waals surface area contributed by atoms with Crippen molar-refractivity contribution in [2.24, 2.45) is 0 Å². The molecule has 20 heavy (non-hydrogen) atoms. The molecule has 0 aliphatic carbocycles. The minimum Gasteiger partial charge on any atom is -0.404 e. The zero-order valence-electron chi connectivity index (χ0n) is 12.9. The fourth-order valence-electron chi connectivity index (χ4n) is 2.33. The molecule has 1 aromatic rings. The molecule has 1 saturated heterocycles. The van der Waals surface area contributed by atoms with E-state index in [0.29, 0.717) is 0 Å². The van der Waals surface area contributed by atoms with Gasteiger partial charge in [0, 0.05) is 25.0 Å². The van der Waals surface area contributed by atoms with E-state index < -0.39 is 7.12 Å². The number of ether oxygens (including phenoxy) is 1. The van der Waals surface area contributed by atoms with Crippen molar-refractivity contribution in [3.63, 3.8) is 0 Å². The standard InChI is InChI=1S/C14H25BN2O3/c1-11(2)19-15(20-12(3)4)13-8-9-16-17(13)14-7-5-6-10-18-14/h8-9,11-12,14H,5-7,10H2,1-4H3. The number of hydrogen-bond acceptors (Lipinski definition) is 4. The van der Waals surface area contributed by atoms with E-state index >= 15 is 0 Å². The summed E-state index contributed by atoms with van der Waals surface area (Å²) >= 11 is 0. The maximum absolute atomic E-state index is 5.90. The Bertz CT molecular complexity index is 393. The van der Waals surface area contributed by atoms with Crippen molar-refractivity contribution in [3.05, 3.63) is 12.3 Å². The van der Waals surface area contributed by atoms with Gasteiger partial charge in [0.05, 0.1) is 5.59 Å². The van der Waals surface area contributed by atoms with Gasteiger partial charge in [0.2, 0.25) is 0 Å². The van der Waals surface area contributed by atoms with Crippen molar-refractivity contribution in [1.29, 1.82) is 0 Å². The van der Waals surface area contributed by atoms with Crippen LogP contribution in [0.5, 0.6) is 0 Å². The van der Waals surface area contributed by atoms with Crippen LogP contribution in [0.2, 0.25) is 0 Å². The van der Waals surface area contributed by atoms with Gasteiger partial charge in [-0.2, -0.15) is 5.10 Å². The van der Waals surface area contributed by atoms with E-state index in [0.717, 1.165) is 25.0 Å². The van der Waals surface area contributed by atoms with E-state index in [4.69, 9.17) is 14.0 Å². The third kappa shape index (κ3) is 4.07. The third-order valence-electron chi connectivity index (χ3n) is 3.16. The predicted octanol–water partition coefficient (Wildman–Crippen LogP) is 2.13. The van der Waals surface area contributed by atoms with Gasteiger partial charge >= 0.3 is 7.12 Å². The first-order chi connectivity index (χ1) is 9.58. The van der Waals surface area contributed by atoms with Crippen LogP contribution >= 0.6 is 0 Å². The van der Waals surface area contributed by atoms with E-state index in [2.05, 4.69) is 5.10 Å². The summed E-state index contributed by atoms with van der Waals surface area (Å²) in [5.41, 5.74) is 0.930. The van der Waals surface area contributed by atoms with Crippen LogP contribution in [-0.4, -0.2) is 35.7 Å². The summed E-state index contributed by atoms with van der Waals surface area (Å²) in [4.78, 5) is 0. The maximum Gasteiger partial charge on any atom is 0.513 e. The molecule has 112 valence electrons. The molecule has 0 spiro atoms. The molecule has 0 aromatic carbocycles.